The molecule has 210 valence electrons. The van der Waals surface area contributed by atoms with Gasteiger partial charge in [0.15, 0.2) is 0 Å². The number of para-hydroxylation sites is 1. The quantitative estimate of drug-likeness (QED) is 0.143. The van der Waals surface area contributed by atoms with Gasteiger partial charge in [-0.3, -0.25) is 14.4 Å². The molecule has 38 heavy (non-hydrogen) atoms. The molecule has 0 radical (unpaired) electrons. The summed E-state index contributed by atoms with van der Waals surface area (Å²) >= 11 is 0. The Morgan fingerprint density at radius 1 is 0.947 bits per heavy atom. The van der Waals surface area contributed by atoms with Gasteiger partial charge in [0.1, 0.15) is 24.2 Å². The Balaban J connectivity index is 2.15. The number of hydrogen-bond donors (Lipinski definition) is 8. The van der Waals surface area contributed by atoms with Gasteiger partial charge in [0.25, 0.3) is 0 Å². The second-order valence-electron chi connectivity index (χ2n) is 9.81. The Morgan fingerprint density at radius 2 is 1.61 bits per heavy atom. The van der Waals surface area contributed by atoms with E-state index < -0.39 is 54.0 Å². The molecule has 3 amide bonds. The first kappa shape index (κ1) is 30.7. The number of aromatic amines is 1. The third kappa shape index (κ3) is 8.54. The number of aromatic nitrogens is 1. The van der Waals surface area contributed by atoms with Crippen LogP contribution in [0.25, 0.3) is 10.9 Å². The van der Waals surface area contributed by atoms with Crippen molar-refractivity contribution in [3.8, 4) is 0 Å². The molecule has 12 heteroatoms. The highest BCUT2D eigenvalue weighted by atomic mass is 16.4. The highest BCUT2D eigenvalue weighted by Gasteiger charge is 2.32. The molecule has 2 aromatic rings. The van der Waals surface area contributed by atoms with Gasteiger partial charge in [0, 0.05) is 23.5 Å². The maximum atomic E-state index is 13.2. The van der Waals surface area contributed by atoms with Crippen LogP contribution in [0.1, 0.15) is 45.6 Å². The molecule has 5 atom stereocenters. The molecule has 0 aliphatic carbocycles. The van der Waals surface area contributed by atoms with Gasteiger partial charge in [-0.1, -0.05) is 32.0 Å². The largest absolute Gasteiger partial charge is 0.480 e. The molecule has 1 heterocycles. The van der Waals surface area contributed by atoms with E-state index in [0.29, 0.717) is 19.4 Å². The van der Waals surface area contributed by atoms with Crippen LogP contribution in [0.4, 0.5) is 0 Å². The molecule has 0 aliphatic heterocycles. The van der Waals surface area contributed by atoms with Crippen molar-refractivity contribution < 1.29 is 29.4 Å². The lowest BCUT2D eigenvalue weighted by molar-refractivity contribution is -0.142. The van der Waals surface area contributed by atoms with Crippen LogP contribution in [0.2, 0.25) is 0 Å². The van der Waals surface area contributed by atoms with E-state index in [9.17, 15) is 29.4 Å². The van der Waals surface area contributed by atoms with Gasteiger partial charge in [-0.15, -0.1) is 0 Å². The fraction of sp³-hybridized carbons (Fsp3) is 0.538. The molecule has 0 fully saturated rings. The lowest BCUT2D eigenvalue weighted by Gasteiger charge is -2.27. The standard InChI is InChI=1S/C26H40N6O6/c1-14(2)22(32-23(34)19(10-6-7-11-27)30-24(35)21(28)15(3)33)25(36)31-20(26(37)38)12-16-13-29-18-9-5-4-8-17(16)18/h4-5,8-9,13-15,19-22,29,33H,6-7,10-12,27-28H2,1-3H3,(H,30,35)(H,31,36)(H,32,34)(H,37,38). The van der Waals surface area contributed by atoms with E-state index in [4.69, 9.17) is 11.5 Å². The van der Waals surface area contributed by atoms with E-state index in [1.165, 1.54) is 6.92 Å². The zero-order valence-corrected chi connectivity index (χ0v) is 22.1. The molecule has 12 nitrogen and oxygen atoms in total. The zero-order valence-electron chi connectivity index (χ0n) is 22.1. The number of H-pyrrole nitrogens is 1. The number of aliphatic hydroxyl groups excluding tert-OH is 1. The number of nitrogens with one attached hydrogen (secondary N) is 4. The second kappa shape index (κ2) is 14.5. The Bertz CT molecular complexity index is 1100. The maximum absolute atomic E-state index is 13.2. The van der Waals surface area contributed by atoms with Crippen molar-refractivity contribution in [3.63, 3.8) is 0 Å². The average molecular weight is 533 g/mol. The Labute approximate surface area is 221 Å². The number of nitrogens with two attached hydrogens (primary N) is 2. The first-order valence-corrected chi connectivity index (χ1v) is 12.8. The number of carboxylic acid groups (broad SMARTS) is 1. The molecule has 10 N–H and O–H groups in total. The first-order chi connectivity index (χ1) is 18.0. The topological polar surface area (TPSA) is 213 Å². The summed E-state index contributed by atoms with van der Waals surface area (Å²) in [5.41, 5.74) is 12.8. The van der Waals surface area contributed by atoms with E-state index in [-0.39, 0.29) is 18.8 Å². The number of benzene rings is 1. The number of amides is 3. The van der Waals surface area contributed by atoms with Crippen LogP contribution >= 0.6 is 0 Å². The molecule has 0 bridgehead atoms. The van der Waals surface area contributed by atoms with Gasteiger partial charge in [0.2, 0.25) is 17.7 Å². The minimum Gasteiger partial charge on any atom is -0.480 e. The number of carbonyl (C=O) groups is 4. The summed E-state index contributed by atoms with van der Waals surface area (Å²) in [5, 5.41) is 28.0. The number of aliphatic hydroxyl groups is 1. The van der Waals surface area contributed by atoms with Crippen LogP contribution in [0, 0.1) is 5.92 Å². The van der Waals surface area contributed by atoms with Crippen LogP contribution < -0.4 is 27.4 Å². The van der Waals surface area contributed by atoms with Gasteiger partial charge in [-0.25, -0.2) is 4.79 Å². The summed E-state index contributed by atoms with van der Waals surface area (Å²) in [4.78, 5) is 53.8. The highest BCUT2D eigenvalue weighted by molar-refractivity contribution is 5.94. The molecule has 0 spiro atoms. The van der Waals surface area contributed by atoms with Crippen molar-refractivity contribution in [2.75, 3.05) is 6.54 Å². The van der Waals surface area contributed by atoms with Crippen molar-refractivity contribution in [2.24, 2.45) is 17.4 Å². The molecule has 5 unspecified atom stereocenters. The highest BCUT2D eigenvalue weighted by Crippen LogP contribution is 2.19. The molecule has 1 aromatic carbocycles. The SMILES string of the molecule is CC(C)C(NC(=O)C(CCCCN)NC(=O)C(N)C(C)O)C(=O)NC(Cc1c[nH]c2ccccc12)C(=O)O. The van der Waals surface area contributed by atoms with Gasteiger partial charge in [-0.2, -0.15) is 0 Å². The van der Waals surface area contributed by atoms with Gasteiger partial charge >= 0.3 is 5.97 Å². The van der Waals surface area contributed by atoms with E-state index in [1.54, 1.807) is 20.0 Å². The van der Waals surface area contributed by atoms with E-state index >= 15 is 0 Å². The zero-order chi connectivity index (χ0) is 28.4. The monoisotopic (exact) mass is 532 g/mol. The number of carboxylic acids is 1. The van der Waals surface area contributed by atoms with Gasteiger partial charge in [-0.05, 0) is 50.3 Å². The molecular weight excluding hydrogens is 492 g/mol. The number of aliphatic carboxylic acids is 1. The maximum Gasteiger partial charge on any atom is 0.326 e. The molecule has 0 saturated heterocycles. The van der Waals surface area contributed by atoms with Crippen molar-refractivity contribution in [2.45, 2.75) is 76.7 Å². The fourth-order valence-electron chi connectivity index (χ4n) is 4.02. The van der Waals surface area contributed by atoms with E-state index in [2.05, 4.69) is 20.9 Å². The molecular formula is C26H40N6O6. The normalized spacial score (nSPS) is 15.3. The summed E-state index contributed by atoms with van der Waals surface area (Å²) < 4.78 is 0. The summed E-state index contributed by atoms with van der Waals surface area (Å²) in [7, 11) is 0. The Morgan fingerprint density at radius 3 is 2.21 bits per heavy atom. The number of rotatable bonds is 15. The minimum atomic E-state index is -1.23. The van der Waals surface area contributed by atoms with Crippen LogP contribution in [0.5, 0.6) is 0 Å². The summed E-state index contributed by atoms with van der Waals surface area (Å²) in [6.45, 7) is 5.19. The molecule has 0 saturated carbocycles. The van der Waals surface area contributed by atoms with Crippen LogP contribution in [-0.2, 0) is 25.6 Å². The molecule has 0 aliphatic rings. The first-order valence-electron chi connectivity index (χ1n) is 12.8. The van der Waals surface area contributed by atoms with Gasteiger partial charge < -0.3 is 42.6 Å². The van der Waals surface area contributed by atoms with Crippen LogP contribution in [0.3, 0.4) is 0 Å². The van der Waals surface area contributed by atoms with Gasteiger partial charge in [0.05, 0.1) is 6.10 Å². The molecule has 2 rings (SSSR count). The summed E-state index contributed by atoms with van der Waals surface area (Å²) in [5.74, 6) is -3.58. The average Bonchev–Trinajstić information content (AvgIpc) is 3.27. The van der Waals surface area contributed by atoms with E-state index in [1.807, 2.05) is 24.3 Å². The minimum absolute atomic E-state index is 0.0405. The summed E-state index contributed by atoms with van der Waals surface area (Å²) in [6, 6.07) is 2.89. The summed E-state index contributed by atoms with van der Waals surface area (Å²) in [6.07, 6.45) is 2.02. The number of unbranched alkanes of at least 4 members (excludes halogenated alkanes) is 1. The number of fused-ring (bicyclic) bond motifs is 1. The molecule has 1 aromatic heterocycles. The lowest BCUT2D eigenvalue weighted by atomic mass is 10.00. The predicted octanol–water partition coefficient (Wildman–Crippen LogP) is -0.257. The predicted molar refractivity (Wildman–Crippen MR) is 143 cm³/mol. The third-order valence-electron chi connectivity index (χ3n) is 6.36. The Kier molecular flexibility index (Phi) is 11.7. The second-order valence-corrected chi connectivity index (χ2v) is 9.81. The van der Waals surface area contributed by atoms with Crippen molar-refractivity contribution in [1.82, 2.24) is 20.9 Å². The van der Waals surface area contributed by atoms with Crippen molar-refractivity contribution in [3.05, 3.63) is 36.0 Å². The Hall–Kier alpha value is -3.48. The fourth-order valence-corrected chi connectivity index (χ4v) is 4.02. The third-order valence-corrected chi connectivity index (χ3v) is 6.36. The smallest absolute Gasteiger partial charge is 0.326 e. The van der Waals surface area contributed by atoms with Crippen molar-refractivity contribution >= 4 is 34.6 Å². The van der Waals surface area contributed by atoms with Crippen LogP contribution in [0.15, 0.2) is 30.5 Å². The van der Waals surface area contributed by atoms with Crippen LogP contribution in [-0.4, -0.2) is 75.7 Å². The van der Waals surface area contributed by atoms with E-state index in [0.717, 1.165) is 16.5 Å². The number of carbonyl (C=O) groups excluding carboxylic acids is 3. The van der Waals surface area contributed by atoms with Crippen molar-refractivity contribution in [1.29, 1.82) is 0 Å². The number of hydrogen-bond acceptors (Lipinski definition) is 7. The lowest BCUT2D eigenvalue weighted by Crippen LogP contribution is -2.59.